The van der Waals surface area contributed by atoms with Gasteiger partial charge in [0, 0.05) is 37.1 Å². The quantitative estimate of drug-likeness (QED) is 0.894. The molecular weight excluding hydrogens is 246 g/mol. The van der Waals surface area contributed by atoms with Gasteiger partial charge in [0.1, 0.15) is 0 Å². The lowest BCUT2D eigenvalue weighted by atomic mass is 9.97. The van der Waals surface area contributed by atoms with Crippen molar-refractivity contribution in [2.45, 2.75) is 70.6 Å². The summed E-state index contributed by atoms with van der Waals surface area (Å²) in [4.78, 5) is 7.04. The summed E-state index contributed by atoms with van der Waals surface area (Å²) in [5.41, 5.74) is 2.63. The molecule has 2 saturated heterocycles. The maximum Gasteiger partial charge on any atom is 0.0313 e. The van der Waals surface area contributed by atoms with E-state index in [2.05, 4.69) is 35.1 Å². The van der Waals surface area contributed by atoms with E-state index < -0.39 is 0 Å². The van der Waals surface area contributed by atoms with Crippen LogP contribution in [0.15, 0.2) is 18.5 Å². The number of fused-ring (bicyclic) bond motifs is 2. The molecule has 1 N–H and O–H groups in total. The number of rotatable bonds is 5. The number of pyridine rings is 1. The normalized spacial score (nSPS) is 29.1. The highest BCUT2D eigenvalue weighted by Gasteiger charge is 2.35. The number of hydrogen-bond donors (Lipinski definition) is 1. The van der Waals surface area contributed by atoms with Crippen LogP contribution < -0.4 is 5.32 Å². The zero-order chi connectivity index (χ0) is 13.9. The molecule has 0 amide bonds. The first-order valence-corrected chi connectivity index (χ1v) is 8.15. The first-order valence-electron chi connectivity index (χ1n) is 8.15. The van der Waals surface area contributed by atoms with Gasteiger partial charge in [-0.15, -0.1) is 0 Å². The van der Waals surface area contributed by atoms with Gasteiger partial charge in [0.25, 0.3) is 0 Å². The van der Waals surface area contributed by atoms with Crippen LogP contribution in [0.5, 0.6) is 0 Å². The molecule has 110 valence electrons. The first kappa shape index (κ1) is 14.0. The molecule has 3 heterocycles. The Labute approximate surface area is 122 Å². The van der Waals surface area contributed by atoms with Crippen LogP contribution in [0.1, 0.15) is 50.2 Å². The maximum atomic E-state index is 4.35. The van der Waals surface area contributed by atoms with E-state index in [4.69, 9.17) is 0 Å². The monoisotopic (exact) mass is 273 g/mol. The van der Waals surface area contributed by atoms with Crippen molar-refractivity contribution in [3.05, 3.63) is 29.6 Å². The zero-order valence-electron chi connectivity index (χ0n) is 12.8. The molecule has 0 aliphatic carbocycles. The number of aryl methyl sites for hydroxylation is 1. The Balaban J connectivity index is 1.69. The molecule has 0 radical (unpaired) electrons. The van der Waals surface area contributed by atoms with Crippen molar-refractivity contribution in [1.82, 2.24) is 15.2 Å². The SMILES string of the molecule is CCCN(Cc1cncc(C)c1)C1CC2CCC(C1)N2. The summed E-state index contributed by atoms with van der Waals surface area (Å²) in [5, 5.41) is 3.75. The van der Waals surface area contributed by atoms with Gasteiger partial charge in [-0.1, -0.05) is 13.0 Å². The van der Waals surface area contributed by atoms with Crippen molar-refractivity contribution in [3.8, 4) is 0 Å². The van der Waals surface area contributed by atoms with Gasteiger partial charge >= 0.3 is 0 Å². The molecule has 2 aliphatic rings. The number of aromatic nitrogens is 1. The van der Waals surface area contributed by atoms with Gasteiger partial charge in [0.15, 0.2) is 0 Å². The number of nitrogens with one attached hydrogen (secondary N) is 1. The van der Waals surface area contributed by atoms with Gasteiger partial charge in [-0.2, -0.15) is 0 Å². The highest BCUT2D eigenvalue weighted by molar-refractivity contribution is 5.16. The van der Waals surface area contributed by atoms with Crippen molar-refractivity contribution < 1.29 is 0 Å². The third-order valence-electron chi connectivity index (χ3n) is 4.79. The third kappa shape index (κ3) is 3.21. The minimum Gasteiger partial charge on any atom is -0.311 e. The van der Waals surface area contributed by atoms with Crippen molar-refractivity contribution in [2.75, 3.05) is 6.54 Å². The van der Waals surface area contributed by atoms with Crippen LogP contribution >= 0.6 is 0 Å². The Morgan fingerprint density at radius 1 is 1.25 bits per heavy atom. The fraction of sp³-hybridized carbons (Fsp3) is 0.706. The van der Waals surface area contributed by atoms with Crippen LogP contribution in [0.2, 0.25) is 0 Å². The second-order valence-corrected chi connectivity index (χ2v) is 6.60. The number of piperidine rings is 1. The van der Waals surface area contributed by atoms with Gasteiger partial charge in [0.2, 0.25) is 0 Å². The summed E-state index contributed by atoms with van der Waals surface area (Å²) < 4.78 is 0. The number of hydrogen-bond acceptors (Lipinski definition) is 3. The molecule has 2 bridgehead atoms. The van der Waals surface area contributed by atoms with Crippen molar-refractivity contribution in [2.24, 2.45) is 0 Å². The van der Waals surface area contributed by atoms with Gasteiger partial charge < -0.3 is 5.32 Å². The first-order chi connectivity index (χ1) is 9.74. The predicted molar refractivity (Wildman–Crippen MR) is 82.6 cm³/mol. The highest BCUT2D eigenvalue weighted by Crippen LogP contribution is 2.30. The van der Waals surface area contributed by atoms with E-state index >= 15 is 0 Å². The summed E-state index contributed by atoms with van der Waals surface area (Å²) in [7, 11) is 0. The van der Waals surface area contributed by atoms with Crippen molar-refractivity contribution >= 4 is 0 Å². The van der Waals surface area contributed by atoms with E-state index in [0.717, 1.165) is 24.7 Å². The summed E-state index contributed by atoms with van der Waals surface area (Å²) in [6.45, 7) is 6.69. The highest BCUT2D eigenvalue weighted by atomic mass is 15.2. The topological polar surface area (TPSA) is 28.2 Å². The van der Waals surface area contributed by atoms with Crippen molar-refractivity contribution in [3.63, 3.8) is 0 Å². The molecular formula is C17H27N3. The average Bonchev–Trinajstić information content (AvgIpc) is 2.77. The zero-order valence-corrected chi connectivity index (χ0v) is 12.8. The third-order valence-corrected chi connectivity index (χ3v) is 4.79. The lowest BCUT2D eigenvalue weighted by molar-refractivity contribution is 0.134. The largest absolute Gasteiger partial charge is 0.311 e. The van der Waals surface area contributed by atoms with E-state index in [0.29, 0.717) is 0 Å². The Hall–Kier alpha value is -0.930. The molecule has 2 fully saturated rings. The van der Waals surface area contributed by atoms with Crippen LogP contribution in [0, 0.1) is 6.92 Å². The van der Waals surface area contributed by atoms with E-state index in [1.54, 1.807) is 0 Å². The average molecular weight is 273 g/mol. The molecule has 2 unspecified atom stereocenters. The van der Waals surface area contributed by atoms with Gasteiger partial charge in [-0.25, -0.2) is 0 Å². The van der Waals surface area contributed by atoms with E-state index in [1.165, 1.54) is 49.8 Å². The number of nitrogens with zero attached hydrogens (tertiary/aromatic N) is 2. The van der Waals surface area contributed by atoms with Crippen LogP contribution in [0.4, 0.5) is 0 Å². The Morgan fingerprint density at radius 2 is 2.00 bits per heavy atom. The molecule has 1 aromatic rings. The molecule has 3 rings (SSSR count). The molecule has 0 saturated carbocycles. The summed E-state index contributed by atoms with van der Waals surface area (Å²) in [5.74, 6) is 0. The summed E-state index contributed by atoms with van der Waals surface area (Å²) in [6, 6.07) is 4.59. The van der Waals surface area contributed by atoms with Crippen LogP contribution in [-0.2, 0) is 6.54 Å². The van der Waals surface area contributed by atoms with E-state index in [9.17, 15) is 0 Å². The van der Waals surface area contributed by atoms with E-state index in [1.807, 2.05) is 12.4 Å². The van der Waals surface area contributed by atoms with E-state index in [-0.39, 0.29) is 0 Å². The lowest BCUT2D eigenvalue weighted by Crippen LogP contribution is -2.48. The fourth-order valence-electron chi connectivity index (χ4n) is 3.94. The van der Waals surface area contributed by atoms with Gasteiger partial charge in [0.05, 0.1) is 0 Å². The summed E-state index contributed by atoms with van der Waals surface area (Å²) in [6.07, 6.45) is 10.6. The molecule has 0 aromatic carbocycles. The van der Waals surface area contributed by atoms with Crippen LogP contribution in [-0.4, -0.2) is 34.6 Å². The molecule has 1 aromatic heterocycles. The smallest absolute Gasteiger partial charge is 0.0313 e. The molecule has 3 nitrogen and oxygen atoms in total. The predicted octanol–water partition coefficient (Wildman–Crippen LogP) is 2.89. The second-order valence-electron chi connectivity index (χ2n) is 6.60. The molecule has 0 spiro atoms. The Kier molecular flexibility index (Phi) is 4.37. The molecule has 2 atom stereocenters. The minimum absolute atomic E-state index is 0.759. The van der Waals surface area contributed by atoms with Crippen molar-refractivity contribution in [1.29, 1.82) is 0 Å². The minimum atomic E-state index is 0.759. The van der Waals surface area contributed by atoms with Gasteiger partial charge in [-0.3, -0.25) is 9.88 Å². The Morgan fingerprint density at radius 3 is 2.65 bits per heavy atom. The maximum absolute atomic E-state index is 4.35. The second kappa shape index (κ2) is 6.23. The van der Waals surface area contributed by atoms with Crippen LogP contribution in [0.25, 0.3) is 0 Å². The summed E-state index contributed by atoms with van der Waals surface area (Å²) >= 11 is 0. The standard InChI is InChI=1S/C17H27N3/c1-3-6-20(12-14-7-13(2)10-18-11-14)17-8-15-4-5-16(9-17)19-15/h7,10-11,15-17,19H,3-6,8-9,12H2,1-2H3. The molecule has 2 aliphatic heterocycles. The van der Waals surface area contributed by atoms with Crippen LogP contribution in [0.3, 0.4) is 0 Å². The Bertz CT molecular complexity index is 434. The van der Waals surface area contributed by atoms with Gasteiger partial charge in [-0.05, 0) is 56.7 Å². The molecule has 3 heteroatoms. The molecule has 20 heavy (non-hydrogen) atoms. The fourth-order valence-corrected chi connectivity index (χ4v) is 3.94. The lowest BCUT2D eigenvalue weighted by Gasteiger charge is -2.37.